The van der Waals surface area contributed by atoms with Gasteiger partial charge >= 0.3 is 6.03 Å². The first-order valence-electron chi connectivity index (χ1n) is 6.77. The number of carbonyl (C=O) groups is 1. The van der Waals surface area contributed by atoms with E-state index in [1.165, 1.54) is 0 Å². The number of nitrogens with one attached hydrogen (secondary N) is 1. The van der Waals surface area contributed by atoms with E-state index >= 15 is 0 Å². The summed E-state index contributed by atoms with van der Waals surface area (Å²) < 4.78 is 5.07. The van der Waals surface area contributed by atoms with Crippen molar-refractivity contribution in [3.05, 3.63) is 29.8 Å². The molecule has 112 valence electrons. The van der Waals surface area contributed by atoms with Crippen LogP contribution in [0.1, 0.15) is 26.3 Å². The number of amides is 2. The van der Waals surface area contributed by atoms with Crippen molar-refractivity contribution in [1.82, 2.24) is 4.90 Å². The van der Waals surface area contributed by atoms with Gasteiger partial charge in [0, 0.05) is 25.4 Å². The average molecular weight is 280 g/mol. The molecule has 2 amide bonds. The third-order valence-electron chi connectivity index (χ3n) is 2.83. The number of urea groups is 1. The van der Waals surface area contributed by atoms with Crippen molar-refractivity contribution in [2.75, 3.05) is 19.0 Å². The van der Waals surface area contributed by atoms with Gasteiger partial charge in [-0.05, 0) is 38.5 Å². The monoisotopic (exact) mass is 280 g/mol. The lowest BCUT2D eigenvalue weighted by atomic mass is 10.2. The van der Waals surface area contributed by atoms with E-state index in [1.807, 2.05) is 38.1 Å². The first kappa shape index (κ1) is 16.5. The summed E-state index contributed by atoms with van der Waals surface area (Å²) in [6.07, 6.45) is -0.553. The summed E-state index contributed by atoms with van der Waals surface area (Å²) in [5.74, 6) is 0. The van der Waals surface area contributed by atoms with Crippen LogP contribution in [-0.2, 0) is 11.3 Å². The van der Waals surface area contributed by atoms with Gasteiger partial charge < -0.3 is 20.1 Å². The molecule has 5 nitrogen and oxygen atoms in total. The lowest BCUT2D eigenvalue weighted by molar-refractivity contribution is 0.125. The minimum Gasteiger partial charge on any atom is -0.392 e. The molecule has 0 fully saturated rings. The minimum absolute atomic E-state index is 0.0201. The van der Waals surface area contributed by atoms with Crippen LogP contribution in [0.2, 0.25) is 0 Å². The molecule has 0 saturated carbocycles. The number of hydrogen-bond acceptors (Lipinski definition) is 3. The number of rotatable bonds is 6. The molecular weight excluding hydrogens is 256 g/mol. The number of aliphatic hydroxyl groups is 1. The van der Waals surface area contributed by atoms with E-state index in [0.717, 1.165) is 11.3 Å². The number of methoxy groups -OCH3 is 1. The number of hydrogen-bond donors (Lipinski definition) is 2. The van der Waals surface area contributed by atoms with E-state index in [2.05, 4.69) is 5.32 Å². The van der Waals surface area contributed by atoms with Crippen molar-refractivity contribution in [3.63, 3.8) is 0 Å². The number of carbonyl (C=O) groups excluding carboxylic acids is 1. The molecule has 0 aliphatic carbocycles. The Bertz CT molecular complexity index is 433. The summed E-state index contributed by atoms with van der Waals surface area (Å²) in [5, 5.41) is 12.3. The molecule has 0 aliphatic heterocycles. The van der Waals surface area contributed by atoms with E-state index in [0.29, 0.717) is 13.2 Å². The van der Waals surface area contributed by atoms with Crippen LogP contribution in [0.3, 0.4) is 0 Å². The molecule has 0 radical (unpaired) electrons. The molecule has 1 rings (SSSR count). The molecule has 1 unspecified atom stereocenters. The highest BCUT2D eigenvalue weighted by atomic mass is 16.5. The molecule has 0 spiro atoms. The van der Waals surface area contributed by atoms with Gasteiger partial charge in [0.1, 0.15) is 0 Å². The maximum atomic E-state index is 12.2. The SMILES string of the molecule is COCc1cccc(NC(=O)N(CC(C)O)C(C)C)c1. The van der Waals surface area contributed by atoms with E-state index in [1.54, 1.807) is 18.9 Å². The van der Waals surface area contributed by atoms with Gasteiger partial charge in [-0.2, -0.15) is 0 Å². The van der Waals surface area contributed by atoms with Gasteiger partial charge in [-0.3, -0.25) is 0 Å². The molecular formula is C15H24N2O3. The first-order chi connectivity index (χ1) is 9.43. The number of aliphatic hydroxyl groups excluding tert-OH is 1. The van der Waals surface area contributed by atoms with Crippen molar-refractivity contribution in [2.24, 2.45) is 0 Å². The fourth-order valence-corrected chi connectivity index (χ4v) is 1.91. The topological polar surface area (TPSA) is 61.8 Å². The Kier molecular flexibility index (Phi) is 6.48. The van der Waals surface area contributed by atoms with Crippen molar-refractivity contribution >= 4 is 11.7 Å². The quantitative estimate of drug-likeness (QED) is 0.841. The standard InChI is InChI=1S/C15H24N2O3/c1-11(2)17(9-12(3)18)15(19)16-14-7-5-6-13(8-14)10-20-4/h5-8,11-12,18H,9-10H2,1-4H3,(H,16,19). The Labute approximate surface area is 120 Å². The fraction of sp³-hybridized carbons (Fsp3) is 0.533. The Morgan fingerprint density at radius 2 is 2.10 bits per heavy atom. The zero-order chi connectivity index (χ0) is 15.1. The Morgan fingerprint density at radius 3 is 2.65 bits per heavy atom. The van der Waals surface area contributed by atoms with E-state index < -0.39 is 6.10 Å². The molecule has 0 saturated heterocycles. The highest BCUT2D eigenvalue weighted by Gasteiger charge is 2.18. The molecule has 2 N–H and O–H groups in total. The van der Waals surface area contributed by atoms with Crippen molar-refractivity contribution in [3.8, 4) is 0 Å². The molecule has 0 aromatic heterocycles. The Morgan fingerprint density at radius 1 is 1.40 bits per heavy atom. The predicted molar refractivity (Wildman–Crippen MR) is 79.7 cm³/mol. The number of anilines is 1. The maximum absolute atomic E-state index is 12.2. The van der Waals surface area contributed by atoms with Crippen LogP contribution in [0.4, 0.5) is 10.5 Å². The van der Waals surface area contributed by atoms with Crippen molar-refractivity contribution in [2.45, 2.75) is 39.5 Å². The van der Waals surface area contributed by atoms with Gasteiger partial charge in [0.15, 0.2) is 0 Å². The number of benzene rings is 1. The van der Waals surface area contributed by atoms with Gasteiger partial charge in [0.25, 0.3) is 0 Å². The van der Waals surface area contributed by atoms with Gasteiger partial charge in [-0.1, -0.05) is 12.1 Å². The van der Waals surface area contributed by atoms with Crippen LogP contribution in [0.25, 0.3) is 0 Å². The van der Waals surface area contributed by atoms with Crippen LogP contribution in [0.5, 0.6) is 0 Å². The second-order valence-corrected chi connectivity index (χ2v) is 5.16. The third kappa shape index (κ3) is 5.19. The van der Waals surface area contributed by atoms with E-state index in [-0.39, 0.29) is 12.1 Å². The van der Waals surface area contributed by atoms with Gasteiger partial charge in [0.05, 0.1) is 12.7 Å². The van der Waals surface area contributed by atoms with Crippen LogP contribution >= 0.6 is 0 Å². The molecule has 0 bridgehead atoms. The average Bonchev–Trinajstić information content (AvgIpc) is 2.36. The largest absolute Gasteiger partial charge is 0.392 e. The highest BCUT2D eigenvalue weighted by Crippen LogP contribution is 2.13. The van der Waals surface area contributed by atoms with Gasteiger partial charge in [0.2, 0.25) is 0 Å². The van der Waals surface area contributed by atoms with E-state index in [9.17, 15) is 9.90 Å². The molecule has 5 heteroatoms. The van der Waals surface area contributed by atoms with Crippen LogP contribution < -0.4 is 5.32 Å². The van der Waals surface area contributed by atoms with Gasteiger partial charge in [-0.25, -0.2) is 4.79 Å². The lowest BCUT2D eigenvalue weighted by Crippen LogP contribution is -2.43. The molecule has 1 atom stereocenters. The minimum atomic E-state index is -0.553. The molecule has 1 aromatic rings. The summed E-state index contributed by atoms with van der Waals surface area (Å²) in [5.41, 5.74) is 1.72. The van der Waals surface area contributed by atoms with Crippen molar-refractivity contribution in [1.29, 1.82) is 0 Å². The van der Waals surface area contributed by atoms with Crippen molar-refractivity contribution < 1.29 is 14.6 Å². The third-order valence-corrected chi connectivity index (χ3v) is 2.83. The number of nitrogens with zero attached hydrogens (tertiary/aromatic N) is 1. The predicted octanol–water partition coefficient (Wildman–Crippen LogP) is 2.46. The lowest BCUT2D eigenvalue weighted by Gasteiger charge is -2.28. The second-order valence-electron chi connectivity index (χ2n) is 5.16. The van der Waals surface area contributed by atoms with Crippen LogP contribution in [-0.4, -0.2) is 41.8 Å². The summed E-state index contributed by atoms with van der Waals surface area (Å²) in [6, 6.07) is 7.33. The van der Waals surface area contributed by atoms with Gasteiger partial charge in [-0.15, -0.1) is 0 Å². The summed E-state index contributed by atoms with van der Waals surface area (Å²) in [6.45, 7) is 6.32. The molecule has 0 aliphatic rings. The summed E-state index contributed by atoms with van der Waals surface area (Å²) in [4.78, 5) is 13.8. The fourth-order valence-electron chi connectivity index (χ4n) is 1.91. The molecule has 20 heavy (non-hydrogen) atoms. The first-order valence-corrected chi connectivity index (χ1v) is 6.77. The molecule has 1 aromatic carbocycles. The maximum Gasteiger partial charge on any atom is 0.322 e. The smallest absolute Gasteiger partial charge is 0.322 e. The Balaban J connectivity index is 2.74. The highest BCUT2D eigenvalue weighted by molar-refractivity contribution is 5.89. The number of ether oxygens (including phenoxy) is 1. The Hall–Kier alpha value is -1.59. The van der Waals surface area contributed by atoms with Crippen LogP contribution in [0.15, 0.2) is 24.3 Å². The normalized spacial score (nSPS) is 12.3. The summed E-state index contributed by atoms with van der Waals surface area (Å²) >= 11 is 0. The van der Waals surface area contributed by atoms with Crippen LogP contribution in [0, 0.1) is 0 Å². The molecule has 0 heterocycles. The summed E-state index contributed by atoms with van der Waals surface area (Å²) in [7, 11) is 1.63. The zero-order valence-electron chi connectivity index (χ0n) is 12.6. The van der Waals surface area contributed by atoms with E-state index in [4.69, 9.17) is 4.74 Å². The zero-order valence-corrected chi connectivity index (χ0v) is 12.6. The second kappa shape index (κ2) is 7.87.